The Balaban J connectivity index is 2.19. The zero-order valence-electron chi connectivity index (χ0n) is 10.1. The summed E-state index contributed by atoms with van der Waals surface area (Å²) in [5, 5.41) is 0.703. The third kappa shape index (κ3) is 2.79. The molecule has 18 heavy (non-hydrogen) atoms. The first-order chi connectivity index (χ1) is 8.63. The lowest BCUT2D eigenvalue weighted by Crippen LogP contribution is -2.38. The quantitative estimate of drug-likeness (QED) is 0.921. The Morgan fingerprint density at radius 2 is 2.39 bits per heavy atom. The standard InChI is InChI=1S/C12H15BrClN3O/c1-18-5-4-17-11(7-16-12(17)15)8-2-3-10(14)9(13)6-8/h2-3,6,11H,4-5,7H2,1H3,(H2,15,16). The van der Waals surface area contributed by atoms with Gasteiger partial charge in [0.05, 0.1) is 24.2 Å². The van der Waals surface area contributed by atoms with Crippen LogP contribution < -0.4 is 5.73 Å². The summed E-state index contributed by atoms with van der Waals surface area (Å²) in [6, 6.07) is 6.06. The number of rotatable bonds is 4. The van der Waals surface area contributed by atoms with Gasteiger partial charge in [0.2, 0.25) is 0 Å². The number of guanidine groups is 1. The topological polar surface area (TPSA) is 50.9 Å². The minimum absolute atomic E-state index is 0.161. The molecule has 0 fully saturated rings. The summed E-state index contributed by atoms with van der Waals surface area (Å²) in [5.74, 6) is 0.572. The van der Waals surface area contributed by atoms with Crippen LogP contribution in [0.15, 0.2) is 27.7 Å². The Hall–Kier alpha value is -0.780. The second-order valence-electron chi connectivity index (χ2n) is 4.07. The van der Waals surface area contributed by atoms with E-state index in [2.05, 4.69) is 25.8 Å². The number of hydrogen-bond donors (Lipinski definition) is 1. The first kappa shape index (κ1) is 13.6. The lowest BCUT2D eigenvalue weighted by atomic mass is 10.1. The van der Waals surface area contributed by atoms with Crippen LogP contribution in [-0.2, 0) is 4.74 Å². The number of ether oxygens (including phenoxy) is 1. The fourth-order valence-corrected chi connectivity index (χ4v) is 2.51. The summed E-state index contributed by atoms with van der Waals surface area (Å²) >= 11 is 9.44. The van der Waals surface area contributed by atoms with Crippen molar-refractivity contribution in [2.45, 2.75) is 6.04 Å². The van der Waals surface area contributed by atoms with Crippen LogP contribution in [0.25, 0.3) is 0 Å². The Labute approximate surface area is 120 Å². The molecule has 1 aromatic rings. The average molecular weight is 333 g/mol. The van der Waals surface area contributed by atoms with Crippen LogP contribution in [0.3, 0.4) is 0 Å². The second-order valence-corrected chi connectivity index (χ2v) is 5.34. The van der Waals surface area contributed by atoms with E-state index in [0.717, 1.165) is 16.6 Å². The van der Waals surface area contributed by atoms with E-state index in [4.69, 9.17) is 22.1 Å². The Bertz CT molecular complexity index is 467. The van der Waals surface area contributed by atoms with E-state index in [0.29, 0.717) is 24.1 Å². The highest BCUT2D eigenvalue weighted by Gasteiger charge is 2.27. The number of benzene rings is 1. The molecular formula is C12H15BrClN3O. The van der Waals surface area contributed by atoms with E-state index in [1.807, 2.05) is 18.2 Å². The molecule has 0 radical (unpaired) electrons. The molecule has 1 aliphatic heterocycles. The lowest BCUT2D eigenvalue weighted by molar-refractivity contribution is 0.166. The van der Waals surface area contributed by atoms with Crippen LogP contribution in [0.2, 0.25) is 5.02 Å². The van der Waals surface area contributed by atoms with Gasteiger partial charge in [-0.2, -0.15) is 0 Å². The van der Waals surface area contributed by atoms with Crippen LogP contribution in [0.1, 0.15) is 11.6 Å². The fraction of sp³-hybridized carbons (Fsp3) is 0.417. The molecule has 1 heterocycles. The summed E-state index contributed by atoms with van der Waals surface area (Å²) in [5.41, 5.74) is 7.04. The summed E-state index contributed by atoms with van der Waals surface area (Å²) in [4.78, 5) is 6.35. The van der Waals surface area contributed by atoms with E-state index in [-0.39, 0.29) is 6.04 Å². The van der Waals surface area contributed by atoms with Gasteiger partial charge in [0, 0.05) is 18.1 Å². The maximum absolute atomic E-state index is 6.00. The van der Waals surface area contributed by atoms with E-state index in [1.54, 1.807) is 7.11 Å². The molecule has 0 aliphatic carbocycles. The predicted octanol–water partition coefficient (Wildman–Crippen LogP) is 2.42. The number of aliphatic imine (C=N–C) groups is 1. The molecule has 0 saturated carbocycles. The van der Waals surface area contributed by atoms with E-state index in [1.165, 1.54) is 0 Å². The predicted molar refractivity (Wildman–Crippen MR) is 77.0 cm³/mol. The first-order valence-corrected chi connectivity index (χ1v) is 6.81. The molecule has 0 aromatic heterocycles. The van der Waals surface area contributed by atoms with Gasteiger partial charge in [-0.15, -0.1) is 0 Å². The molecular weight excluding hydrogens is 318 g/mol. The third-order valence-electron chi connectivity index (χ3n) is 2.96. The fourth-order valence-electron chi connectivity index (χ4n) is 1.99. The van der Waals surface area contributed by atoms with Gasteiger partial charge in [-0.3, -0.25) is 4.99 Å². The van der Waals surface area contributed by atoms with Crippen molar-refractivity contribution in [2.75, 3.05) is 26.8 Å². The van der Waals surface area contributed by atoms with Crippen LogP contribution in [0.4, 0.5) is 0 Å². The van der Waals surface area contributed by atoms with Gasteiger partial charge in [0.1, 0.15) is 0 Å². The Morgan fingerprint density at radius 1 is 1.61 bits per heavy atom. The monoisotopic (exact) mass is 331 g/mol. The highest BCUT2D eigenvalue weighted by atomic mass is 79.9. The minimum Gasteiger partial charge on any atom is -0.383 e. The van der Waals surface area contributed by atoms with Crippen molar-refractivity contribution >= 4 is 33.5 Å². The Kier molecular flexibility index (Phi) is 4.48. The summed E-state index contributed by atoms with van der Waals surface area (Å²) in [7, 11) is 1.68. The van der Waals surface area contributed by atoms with E-state index >= 15 is 0 Å². The molecule has 2 N–H and O–H groups in total. The van der Waals surface area contributed by atoms with E-state index < -0.39 is 0 Å². The van der Waals surface area contributed by atoms with Crippen LogP contribution in [0, 0.1) is 0 Å². The van der Waals surface area contributed by atoms with Gasteiger partial charge in [-0.05, 0) is 33.6 Å². The molecule has 0 amide bonds. The summed E-state index contributed by atoms with van der Waals surface area (Å²) < 4.78 is 5.98. The Morgan fingerprint density at radius 3 is 3.06 bits per heavy atom. The van der Waals surface area contributed by atoms with Crippen molar-refractivity contribution in [3.8, 4) is 0 Å². The SMILES string of the molecule is COCCN1C(N)=NCC1c1ccc(Cl)c(Br)c1. The molecule has 4 nitrogen and oxygen atoms in total. The van der Waals surface area contributed by atoms with Crippen molar-refractivity contribution in [3.63, 3.8) is 0 Å². The minimum atomic E-state index is 0.161. The zero-order chi connectivity index (χ0) is 13.1. The lowest BCUT2D eigenvalue weighted by Gasteiger charge is -2.26. The molecule has 0 spiro atoms. The summed E-state index contributed by atoms with van der Waals surface area (Å²) in [6.07, 6.45) is 0. The van der Waals surface area contributed by atoms with E-state index in [9.17, 15) is 0 Å². The molecule has 1 aliphatic rings. The second kappa shape index (κ2) is 5.91. The number of nitrogens with zero attached hydrogens (tertiary/aromatic N) is 2. The zero-order valence-corrected chi connectivity index (χ0v) is 12.4. The van der Waals surface area contributed by atoms with Gasteiger partial charge < -0.3 is 15.4 Å². The highest BCUT2D eigenvalue weighted by molar-refractivity contribution is 9.10. The maximum atomic E-state index is 6.00. The van der Waals surface area contributed by atoms with Crippen molar-refractivity contribution in [2.24, 2.45) is 10.7 Å². The number of hydrogen-bond acceptors (Lipinski definition) is 4. The molecule has 2 rings (SSSR count). The number of nitrogens with two attached hydrogens (primary N) is 1. The van der Waals surface area contributed by atoms with Crippen molar-refractivity contribution in [1.82, 2.24) is 4.90 Å². The smallest absolute Gasteiger partial charge is 0.192 e. The van der Waals surface area contributed by atoms with Crippen LogP contribution >= 0.6 is 27.5 Å². The molecule has 98 valence electrons. The first-order valence-electron chi connectivity index (χ1n) is 5.64. The number of methoxy groups -OCH3 is 1. The molecule has 1 atom stereocenters. The molecule has 1 aromatic carbocycles. The van der Waals surface area contributed by atoms with Crippen molar-refractivity contribution in [1.29, 1.82) is 0 Å². The largest absolute Gasteiger partial charge is 0.383 e. The van der Waals surface area contributed by atoms with Crippen LogP contribution in [0.5, 0.6) is 0 Å². The summed E-state index contributed by atoms with van der Waals surface area (Å²) in [6.45, 7) is 2.03. The normalized spacial score (nSPS) is 19.2. The van der Waals surface area contributed by atoms with Crippen molar-refractivity contribution < 1.29 is 4.74 Å². The van der Waals surface area contributed by atoms with Gasteiger partial charge in [-0.1, -0.05) is 17.7 Å². The average Bonchev–Trinajstić information content (AvgIpc) is 2.72. The van der Waals surface area contributed by atoms with Crippen molar-refractivity contribution in [3.05, 3.63) is 33.3 Å². The van der Waals surface area contributed by atoms with Gasteiger partial charge in [0.25, 0.3) is 0 Å². The number of halogens is 2. The highest BCUT2D eigenvalue weighted by Crippen LogP contribution is 2.30. The third-order valence-corrected chi connectivity index (χ3v) is 4.18. The molecule has 0 saturated heterocycles. The molecule has 0 bridgehead atoms. The van der Waals surface area contributed by atoms with Gasteiger partial charge >= 0.3 is 0 Å². The molecule has 1 unspecified atom stereocenters. The molecule has 6 heteroatoms. The maximum Gasteiger partial charge on any atom is 0.192 e. The van der Waals surface area contributed by atoms with Crippen LogP contribution in [-0.4, -0.2) is 37.7 Å². The van der Waals surface area contributed by atoms with Gasteiger partial charge in [-0.25, -0.2) is 0 Å². The van der Waals surface area contributed by atoms with Gasteiger partial charge in [0.15, 0.2) is 5.96 Å².